The molecule has 2 aromatic rings. The topological polar surface area (TPSA) is 110 Å². The summed E-state index contributed by atoms with van der Waals surface area (Å²) in [6.07, 6.45) is 1.41. The Hall–Kier alpha value is -3.16. The summed E-state index contributed by atoms with van der Waals surface area (Å²) in [5.74, 6) is 0.268. The Morgan fingerprint density at radius 3 is 2.81 bits per heavy atom. The number of nitrogens with zero attached hydrogens (tertiary/aromatic N) is 3. The van der Waals surface area contributed by atoms with E-state index in [0.717, 1.165) is 0 Å². The minimum absolute atomic E-state index is 0.0947. The molecule has 0 spiro atoms. The Morgan fingerprint density at radius 2 is 2.14 bits per heavy atom. The zero-order valence-electron chi connectivity index (χ0n) is 11.1. The van der Waals surface area contributed by atoms with Gasteiger partial charge in [-0.3, -0.25) is 15.5 Å². The highest BCUT2D eigenvalue weighted by atomic mass is 16.6. The van der Waals surface area contributed by atoms with Crippen LogP contribution in [0.2, 0.25) is 0 Å². The maximum Gasteiger partial charge on any atom is 0.331 e. The molecule has 0 amide bonds. The first kappa shape index (κ1) is 14.3. The summed E-state index contributed by atoms with van der Waals surface area (Å²) in [5, 5.41) is 24.2. The van der Waals surface area contributed by atoms with E-state index in [1.165, 1.54) is 31.5 Å². The number of nitro groups is 1. The molecule has 0 atom stereocenters. The smallest absolute Gasteiger partial charge is 0.331 e. The van der Waals surface area contributed by atoms with Crippen LogP contribution in [0.15, 0.2) is 41.5 Å². The van der Waals surface area contributed by atoms with E-state index in [-0.39, 0.29) is 23.1 Å². The average Bonchev–Trinajstić information content (AvgIpc) is 2.48. The van der Waals surface area contributed by atoms with E-state index >= 15 is 0 Å². The lowest BCUT2D eigenvalue weighted by Crippen LogP contribution is -1.99. The van der Waals surface area contributed by atoms with Gasteiger partial charge in [-0.1, -0.05) is 12.1 Å². The molecule has 0 aliphatic carbocycles. The van der Waals surface area contributed by atoms with E-state index in [1.807, 2.05) is 0 Å². The first-order chi connectivity index (χ1) is 10.1. The molecule has 0 unspecified atom stereocenters. The lowest BCUT2D eigenvalue weighted by Gasteiger charge is -2.03. The Labute approximate surface area is 119 Å². The van der Waals surface area contributed by atoms with Crippen LogP contribution in [0.4, 0.5) is 11.5 Å². The number of rotatable bonds is 5. The highest BCUT2D eigenvalue weighted by Gasteiger charge is 2.16. The number of hydrazone groups is 1. The number of para-hydroxylation sites is 1. The zero-order valence-corrected chi connectivity index (χ0v) is 11.1. The van der Waals surface area contributed by atoms with Crippen molar-refractivity contribution in [3.8, 4) is 11.6 Å². The highest BCUT2D eigenvalue weighted by molar-refractivity contribution is 5.83. The summed E-state index contributed by atoms with van der Waals surface area (Å²) in [6.45, 7) is 0. The van der Waals surface area contributed by atoms with Gasteiger partial charge >= 0.3 is 5.69 Å². The summed E-state index contributed by atoms with van der Waals surface area (Å²) >= 11 is 0. The van der Waals surface area contributed by atoms with Crippen molar-refractivity contribution in [2.45, 2.75) is 0 Å². The van der Waals surface area contributed by atoms with Crippen LogP contribution >= 0.6 is 0 Å². The number of benzene rings is 1. The molecule has 21 heavy (non-hydrogen) atoms. The molecule has 0 bridgehead atoms. The van der Waals surface area contributed by atoms with Gasteiger partial charge in [0.25, 0.3) is 5.88 Å². The van der Waals surface area contributed by atoms with Crippen LogP contribution in [-0.2, 0) is 0 Å². The number of hydrogen-bond acceptors (Lipinski definition) is 7. The summed E-state index contributed by atoms with van der Waals surface area (Å²) in [5.41, 5.74) is 2.90. The van der Waals surface area contributed by atoms with Crippen LogP contribution < -0.4 is 10.2 Å². The minimum Gasteiger partial charge on any atom is -0.507 e. The molecule has 0 radical (unpaired) electrons. The predicted molar refractivity (Wildman–Crippen MR) is 76.8 cm³/mol. The van der Waals surface area contributed by atoms with E-state index in [9.17, 15) is 15.2 Å². The van der Waals surface area contributed by atoms with Crippen LogP contribution in [0.3, 0.4) is 0 Å². The fraction of sp³-hybridized carbons (Fsp3) is 0.0769. The van der Waals surface area contributed by atoms with E-state index < -0.39 is 4.92 Å². The molecule has 1 aromatic carbocycles. The van der Waals surface area contributed by atoms with Crippen molar-refractivity contribution in [3.05, 3.63) is 52.1 Å². The van der Waals surface area contributed by atoms with Crippen LogP contribution in [-0.4, -0.2) is 28.3 Å². The molecule has 0 saturated heterocycles. The van der Waals surface area contributed by atoms with Crippen molar-refractivity contribution in [1.82, 2.24) is 4.98 Å². The molecule has 2 N–H and O–H groups in total. The van der Waals surface area contributed by atoms with Crippen molar-refractivity contribution in [2.75, 3.05) is 12.5 Å². The Bertz CT molecular complexity index is 688. The van der Waals surface area contributed by atoms with Crippen LogP contribution in [0.25, 0.3) is 0 Å². The van der Waals surface area contributed by atoms with Crippen molar-refractivity contribution < 1.29 is 14.8 Å². The van der Waals surface area contributed by atoms with Crippen molar-refractivity contribution in [3.63, 3.8) is 0 Å². The van der Waals surface area contributed by atoms with Gasteiger partial charge in [0.05, 0.1) is 18.2 Å². The van der Waals surface area contributed by atoms with Gasteiger partial charge in [0.1, 0.15) is 5.75 Å². The lowest BCUT2D eigenvalue weighted by atomic mass is 10.2. The molecule has 0 aliphatic rings. The first-order valence-electron chi connectivity index (χ1n) is 5.88. The van der Waals surface area contributed by atoms with Gasteiger partial charge in [0.2, 0.25) is 0 Å². The van der Waals surface area contributed by atoms with Gasteiger partial charge in [-0.05, 0) is 18.2 Å². The third-order valence-electron chi connectivity index (χ3n) is 2.55. The van der Waals surface area contributed by atoms with Gasteiger partial charge in [0.15, 0.2) is 5.82 Å². The minimum atomic E-state index is -0.582. The van der Waals surface area contributed by atoms with Gasteiger partial charge < -0.3 is 9.84 Å². The Balaban J connectivity index is 2.14. The van der Waals surface area contributed by atoms with Crippen LogP contribution in [0, 0.1) is 10.1 Å². The molecule has 2 rings (SSSR count). The molecule has 108 valence electrons. The molecule has 0 saturated carbocycles. The summed E-state index contributed by atoms with van der Waals surface area (Å²) < 4.78 is 4.85. The monoisotopic (exact) mass is 288 g/mol. The van der Waals surface area contributed by atoms with E-state index in [1.54, 1.807) is 18.2 Å². The number of aromatic nitrogens is 1. The first-order valence-corrected chi connectivity index (χ1v) is 5.88. The normalized spacial score (nSPS) is 10.5. The largest absolute Gasteiger partial charge is 0.507 e. The zero-order chi connectivity index (χ0) is 15.2. The number of phenolic OH excluding ortho intramolecular Hbond substituents is 1. The second kappa shape index (κ2) is 6.33. The fourth-order valence-electron chi connectivity index (χ4n) is 1.55. The fourth-order valence-corrected chi connectivity index (χ4v) is 1.55. The Morgan fingerprint density at radius 1 is 1.38 bits per heavy atom. The van der Waals surface area contributed by atoms with E-state index in [0.29, 0.717) is 5.56 Å². The van der Waals surface area contributed by atoms with Crippen molar-refractivity contribution >= 4 is 17.7 Å². The molecule has 1 aromatic heterocycles. The van der Waals surface area contributed by atoms with Gasteiger partial charge in [0, 0.05) is 11.6 Å². The number of nitrogens with one attached hydrogen (secondary N) is 1. The number of aromatic hydroxyl groups is 1. The average molecular weight is 288 g/mol. The second-order valence-corrected chi connectivity index (χ2v) is 3.91. The third-order valence-corrected chi connectivity index (χ3v) is 2.55. The Kier molecular flexibility index (Phi) is 4.30. The van der Waals surface area contributed by atoms with Gasteiger partial charge in [-0.15, -0.1) is 0 Å². The number of ether oxygens (including phenoxy) is 1. The molecular formula is C13H12N4O4. The van der Waals surface area contributed by atoms with Crippen molar-refractivity contribution in [2.24, 2.45) is 5.10 Å². The van der Waals surface area contributed by atoms with E-state index in [4.69, 9.17) is 4.74 Å². The molecule has 1 heterocycles. The number of methoxy groups -OCH3 is 1. The summed E-state index contributed by atoms with van der Waals surface area (Å²) in [4.78, 5) is 14.1. The van der Waals surface area contributed by atoms with Gasteiger partial charge in [-0.2, -0.15) is 10.1 Å². The van der Waals surface area contributed by atoms with Crippen LogP contribution in [0.1, 0.15) is 5.56 Å². The van der Waals surface area contributed by atoms with E-state index in [2.05, 4.69) is 15.5 Å². The van der Waals surface area contributed by atoms with Crippen molar-refractivity contribution in [1.29, 1.82) is 0 Å². The second-order valence-electron chi connectivity index (χ2n) is 3.91. The quantitative estimate of drug-likeness (QED) is 0.495. The summed E-state index contributed by atoms with van der Waals surface area (Å²) in [6, 6.07) is 9.35. The third kappa shape index (κ3) is 3.44. The molecule has 8 nitrogen and oxygen atoms in total. The number of hydrogen-bond donors (Lipinski definition) is 2. The highest BCUT2D eigenvalue weighted by Crippen LogP contribution is 2.25. The maximum absolute atomic E-state index is 10.7. The lowest BCUT2D eigenvalue weighted by molar-refractivity contribution is -0.386. The molecule has 8 heteroatoms. The SMILES string of the molecule is COc1nc(NN=Cc2ccccc2O)ccc1[N+](=O)[O-]. The number of phenols is 1. The number of pyridine rings is 1. The van der Waals surface area contributed by atoms with Gasteiger partial charge in [-0.25, -0.2) is 0 Å². The standard InChI is InChI=1S/C13H12N4O4/c1-21-13-10(17(19)20)6-7-12(15-13)16-14-8-9-4-2-3-5-11(9)18/h2-8,18H,1H3,(H,15,16). The van der Waals surface area contributed by atoms with Crippen LogP contribution in [0.5, 0.6) is 11.6 Å². The molecule has 0 fully saturated rings. The predicted octanol–water partition coefficient (Wildman–Crippen LogP) is 2.15. The molecule has 0 aliphatic heterocycles. The molecular weight excluding hydrogens is 276 g/mol. The number of anilines is 1. The summed E-state index contributed by atoms with van der Waals surface area (Å²) in [7, 11) is 1.30. The maximum atomic E-state index is 10.7.